The predicted octanol–water partition coefficient (Wildman–Crippen LogP) is 1.96. The first-order valence-corrected chi connectivity index (χ1v) is 5.95. The van der Waals surface area contributed by atoms with Crippen molar-refractivity contribution in [3.8, 4) is 0 Å². The van der Waals surface area contributed by atoms with Crippen molar-refractivity contribution in [2.24, 2.45) is 0 Å². The number of hydrogen-bond acceptors (Lipinski definition) is 3. The minimum Gasteiger partial charge on any atom is -0.382 e. The maximum absolute atomic E-state index is 5.77. The van der Waals surface area contributed by atoms with E-state index in [9.17, 15) is 0 Å². The van der Waals surface area contributed by atoms with Crippen LogP contribution < -0.4 is 11.1 Å². The summed E-state index contributed by atoms with van der Waals surface area (Å²) < 4.78 is 0. The van der Waals surface area contributed by atoms with E-state index >= 15 is 0 Å². The Labute approximate surface area is 100 Å². The highest BCUT2D eigenvalue weighted by molar-refractivity contribution is 5.60. The summed E-state index contributed by atoms with van der Waals surface area (Å²) in [6.45, 7) is 0. The Kier molecular flexibility index (Phi) is 2.48. The molecule has 0 aliphatic heterocycles. The van der Waals surface area contributed by atoms with Gasteiger partial charge in [0.1, 0.15) is 5.82 Å². The van der Waals surface area contributed by atoms with E-state index < -0.39 is 0 Å². The largest absolute Gasteiger partial charge is 0.382 e. The van der Waals surface area contributed by atoms with Crippen LogP contribution in [0.3, 0.4) is 0 Å². The standard InChI is InChI=1S/C13H16N4/c14-13-12(8-15-17-13)16-11-6-5-9-3-1-2-4-10(9)7-11/h1-4,8,11,16H,5-7H2,(H3,14,15,17). The van der Waals surface area contributed by atoms with Crippen molar-refractivity contribution in [3.63, 3.8) is 0 Å². The van der Waals surface area contributed by atoms with Crippen LogP contribution in [0.4, 0.5) is 11.5 Å². The van der Waals surface area contributed by atoms with E-state index in [0.29, 0.717) is 11.9 Å². The molecule has 0 radical (unpaired) electrons. The van der Waals surface area contributed by atoms with E-state index in [1.165, 1.54) is 11.1 Å². The number of nitrogens with two attached hydrogens (primary N) is 1. The maximum Gasteiger partial charge on any atom is 0.142 e. The first-order valence-electron chi connectivity index (χ1n) is 5.95. The van der Waals surface area contributed by atoms with Gasteiger partial charge in [-0.3, -0.25) is 5.10 Å². The van der Waals surface area contributed by atoms with Crippen LogP contribution in [0.1, 0.15) is 17.5 Å². The number of anilines is 2. The molecule has 4 nitrogen and oxygen atoms in total. The van der Waals surface area contributed by atoms with E-state index in [1.54, 1.807) is 6.20 Å². The number of rotatable bonds is 2. The van der Waals surface area contributed by atoms with Crippen molar-refractivity contribution in [1.82, 2.24) is 10.2 Å². The predicted molar refractivity (Wildman–Crippen MR) is 68.9 cm³/mol. The highest BCUT2D eigenvalue weighted by atomic mass is 15.2. The third kappa shape index (κ3) is 1.98. The number of nitrogen functional groups attached to an aromatic ring is 1. The lowest BCUT2D eigenvalue weighted by molar-refractivity contribution is 0.611. The molecule has 88 valence electrons. The van der Waals surface area contributed by atoms with Gasteiger partial charge in [-0.15, -0.1) is 0 Å². The lowest BCUT2D eigenvalue weighted by Gasteiger charge is -2.25. The Morgan fingerprint density at radius 2 is 2.12 bits per heavy atom. The van der Waals surface area contributed by atoms with Crippen molar-refractivity contribution >= 4 is 11.5 Å². The van der Waals surface area contributed by atoms with Crippen molar-refractivity contribution in [2.45, 2.75) is 25.3 Å². The SMILES string of the molecule is Nc1[nH]ncc1NC1CCc2ccccc2C1. The summed E-state index contributed by atoms with van der Waals surface area (Å²) in [4.78, 5) is 0. The van der Waals surface area contributed by atoms with Crippen LogP contribution in [0.15, 0.2) is 30.5 Å². The molecule has 0 saturated carbocycles. The van der Waals surface area contributed by atoms with Crippen molar-refractivity contribution in [1.29, 1.82) is 0 Å². The minimum absolute atomic E-state index is 0.449. The number of benzene rings is 1. The van der Waals surface area contributed by atoms with Gasteiger partial charge in [-0.05, 0) is 30.4 Å². The number of aryl methyl sites for hydroxylation is 1. The average Bonchev–Trinajstić information content (AvgIpc) is 2.75. The number of H-pyrrole nitrogens is 1. The Bertz CT molecular complexity index is 518. The Morgan fingerprint density at radius 3 is 2.88 bits per heavy atom. The van der Waals surface area contributed by atoms with Gasteiger partial charge in [0, 0.05) is 6.04 Å². The number of aromatic amines is 1. The van der Waals surface area contributed by atoms with Crippen LogP contribution in [0.5, 0.6) is 0 Å². The second-order valence-electron chi connectivity index (χ2n) is 4.55. The zero-order valence-electron chi connectivity index (χ0n) is 9.61. The fourth-order valence-electron chi connectivity index (χ4n) is 2.45. The van der Waals surface area contributed by atoms with Gasteiger partial charge >= 0.3 is 0 Å². The molecule has 0 spiro atoms. The summed E-state index contributed by atoms with van der Waals surface area (Å²) in [6, 6.07) is 9.10. The molecule has 2 aromatic rings. The lowest BCUT2D eigenvalue weighted by atomic mass is 9.88. The normalized spacial score (nSPS) is 18.7. The van der Waals surface area contributed by atoms with Gasteiger partial charge in [0.25, 0.3) is 0 Å². The summed E-state index contributed by atoms with van der Waals surface area (Å²) in [6.07, 6.45) is 5.07. The molecule has 0 bridgehead atoms. The van der Waals surface area contributed by atoms with E-state index in [4.69, 9.17) is 5.73 Å². The number of nitrogens with zero attached hydrogens (tertiary/aromatic N) is 1. The molecule has 4 heteroatoms. The van der Waals surface area contributed by atoms with Gasteiger partial charge < -0.3 is 11.1 Å². The molecule has 1 unspecified atom stereocenters. The van der Waals surface area contributed by atoms with Crippen LogP contribution in [-0.4, -0.2) is 16.2 Å². The quantitative estimate of drug-likeness (QED) is 0.736. The zero-order chi connectivity index (χ0) is 11.7. The third-order valence-corrected chi connectivity index (χ3v) is 3.38. The highest BCUT2D eigenvalue weighted by Gasteiger charge is 2.18. The second kappa shape index (κ2) is 4.13. The Balaban J connectivity index is 1.74. The number of hydrogen-bond donors (Lipinski definition) is 3. The first kappa shape index (κ1) is 10.2. The fourth-order valence-corrected chi connectivity index (χ4v) is 2.45. The molecule has 1 aliphatic carbocycles. The molecule has 1 aromatic heterocycles. The summed E-state index contributed by atoms with van der Waals surface area (Å²) in [5, 5.41) is 10.1. The second-order valence-corrected chi connectivity index (χ2v) is 4.55. The van der Waals surface area contributed by atoms with Gasteiger partial charge in [-0.1, -0.05) is 24.3 Å². The molecule has 3 rings (SSSR count). The van der Waals surface area contributed by atoms with Crippen LogP contribution >= 0.6 is 0 Å². The molecule has 1 atom stereocenters. The zero-order valence-corrected chi connectivity index (χ0v) is 9.61. The van der Waals surface area contributed by atoms with E-state index in [1.807, 2.05) is 0 Å². The molecule has 4 N–H and O–H groups in total. The molecule has 1 heterocycles. The number of aromatic nitrogens is 2. The molecule has 0 amide bonds. The summed E-state index contributed by atoms with van der Waals surface area (Å²) in [5.74, 6) is 0.615. The van der Waals surface area contributed by atoms with Gasteiger partial charge in [0.05, 0.1) is 11.9 Å². The van der Waals surface area contributed by atoms with Crippen LogP contribution in [0.2, 0.25) is 0 Å². The van der Waals surface area contributed by atoms with Gasteiger partial charge in [-0.25, -0.2) is 0 Å². The lowest BCUT2D eigenvalue weighted by Crippen LogP contribution is -2.27. The molecular weight excluding hydrogens is 212 g/mol. The smallest absolute Gasteiger partial charge is 0.142 e. The number of fused-ring (bicyclic) bond motifs is 1. The summed E-state index contributed by atoms with van der Waals surface area (Å²) in [7, 11) is 0. The van der Waals surface area contributed by atoms with Gasteiger partial charge in [0.15, 0.2) is 0 Å². The van der Waals surface area contributed by atoms with Gasteiger partial charge in [-0.2, -0.15) is 5.10 Å². The molecule has 1 aliphatic rings. The highest BCUT2D eigenvalue weighted by Crippen LogP contribution is 2.24. The minimum atomic E-state index is 0.449. The average molecular weight is 228 g/mol. The molecule has 17 heavy (non-hydrogen) atoms. The fraction of sp³-hybridized carbons (Fsp3) is 0.308. The Hall–Kier alpha value is -1.97. The first-order chi connectivity index (χ1) is 8.33. The molecule has 0 fully saturated rings. The van der Waals surface area contributed by atoms with Crippen LogP contribution in [0.25, 0.3) is 0 Å². The van der Waals surface area contributed by atoms with Crippen molar-refractivity contribution in [3.05, 3.63) is 41.6 Å². The maximum atomic E-state index is 5.77. The molecule has 0 saturated heterocycles. The summed E-state index contributed by atoms with van der Waals surface area (Å²) >= 11 is 0. The van der Waals surface area contributed by atoms with E-state index in [0.717, 1.165) is 24.9 Å². The van der Waals surface area contributed by atoms with E-state index in [-0.39, 0.29) is 0 Å². The topological polar surface area (TPSA) is 66.7 Å². The molecular formula is C13H16N4. The Morgan fingerprint density at radius 1 is 1.29 bits per heavy atom. The third-order valence-electron chi connectivity index (χ3n) is 3.38. The monoisotopic (exact) mass is 228 g/mol. The van der Waals surface area contributed by atoms with Crippen LogP contribution in [-0.2, 0) is 12.8 Å². The van der Waals surface area contributed by atoms with Crippen molar-refractivity contribution < 1.29 is 0 Å². The molecule has 1 aromatic carbocycles. The van der Waals surface area contributed by atoms with Gasteiger partial charge in [0.2, 0.25) is 0 Å². The van der Waals surface area contributed by atoms with Crippen LogP contribution in [0, 0.1) is 0 Å². The number of nitrogens with one attached hydrogen (secondary N) is 2. The van der Waals surface area contributed by atoms with E-state index in [2.05, 4.69) is 39.8 Å². The van der Waals surface area contributed by atoms with Crippen molar-refractivity contribution in [2.75, 3.05) is 11.1 Å². The summed E-state index contributed by atoms with van der Waals surface area (Å²) in [5.41, 5.74) is 9.60.